The first-order valence-electron chi connectivity index (χ1n) is 8.61. The highest BCUT2D eigenvalue weighted by Gasteiger charge is 2.51. The molecule has 108 valence electrons. The van der Waals surface area contributed by atoms with Crippen LogP contribution < -0.4 is 5.73 Å². The molecule has 1 heterocycles. The minimum atomic E-state index is 0.461. The fourth-order valence-corrected chi connectivity index (χ4v) is 6.41. The van der Waals surface area contributed by atoms with E-state index in [1.165, 1.54) is 25.9 Å². The van der Waals surface area contributed by atoms with Crippen LogP contribution in [-0.2, 0) is 0 Å². The van der Waals surface area contributed by atoms with Crippen LogP contribution in [0.25, 0.3) is 0 Å². The van der Waals surface area contributed by atoms with Crippen molar-refractivity contribution in [2.45, 2.75) is 70.4 Å². The van der Waals surface area contributed by atoms with Gasteiger partial charge < -0.3 is 5.73 Å². The third-order valence-corrected chi connectivity index (χ3v) is 6.76. The highest BCUT2D eigenvalue weighted by molar-refractivity contribution is 5.03. The summed E-state index contributed by atoms with van der Waals surface area (Å²) in [6, 6.07) is 1.18. The van der Waals surface area contributed by atoms with Crippen molar-refractivity contribution in [3.05, 3.63) is 0 Å². The van der Waals surface area contributed by atoms with E-state index in [1.54, 1.807) is 38.5 Å². The molecular formula is C17H30N2. The maximum Gasteiger partial charge on any atom is 0.00819 e. The summed E-state index contributed by atoms with van der Waals surface area (Å²) in [5, 5.41) is 0. The van der Waals surface area contributed by atoms with Gasteiger partial charge in [0.2, 0.25) is 0 Å². The number of hydrogen-bond acceptors (Lipinski definition) is 2. The van der Waals surface area contributed by atoms with Gasteiger partial charge in [-0.05, 0) is 88.0 Å². The molecule has 4 saturated carbocycles. The Balaban J connectivity index is 1.47. The van der Waals surface area contributed by atoms with E-state index in [-0.39, 0.29) is 0 Å². The van der Waals surface area contributed by atoms with E-state index < -0.39 is 0 Å². The Labute approximate surface area is 118 Å². The molecule has 19 heavy (non-hydrogen) atoms. The fraction of sp³-hybridized carbons (Fsp3) is 1.00. The lowest BCUT2D eigenvalue weighted by Gasteiger charge is -2.58. The standard InChI is InChI=1S/C17H30N2/c1-12-4-16(18)2-3-19(12)11-17-8-13-5-14(9-17)7-15(6-13)10-17/h12-16H,2-11,18H2,1H3. The highest BCUT2D eigenvalue weighted by atomic mass is 15.2. The summed E-state index contributed by atoms with van der Waals surface area (Å²) in [6.07, 6.45) is 11.8. The van der Waals surface area contributed by atoms with Crippen molar-refractivity contribution < 1.29 is 0 Å². The second kappa shape index (κ2) is 4.46. The van der Waals surface area contributed by atoms with Crippen LogP contribution in [0.4, 0.5) is 0 Å². The quantitative estimate of drug-likeness (QED) is 0.829. The van der Waals surface area contributed by atoms with Crippen LogP contribution in [0, 0.1) is 23.2 Å². The Morgan fingerprint density at radius 2 is 1.58 bits per heavy atom. The number of nitrogens with two attached hydrogens (primary N) is 1. The summed E-state index contributed by atoms with van der Waals surface area (Å²) >= 11 is 0. The van der Waals surface area contributed by atoms with Crippen molar-refractivity contribution >= 4 is 0 Å². The molecule has 5 rings (SSSR count). The minimum Gasteiger partial charge on any atom is -0.328 e. The molecule has 0 aromatic heterocycles. The van der Waals surface area contributed by atoms with E-state index in [4.69, 9.17) is 5.73 Å². The molecule has 2 atom stereocenters. The van der Waals surface area contributed by atoms with Crippen LogP contribution in [0.2, 0.25) is 0 Å². The van der Waals surface area contributed by atoms with E-state index in [9.17, 15) is 0 Å². The van der Waals surface area contributed by atoms with Gasteiger partial charge in [-0.25, -0.2) is 0 Å². The largest absolute Gasteiger partial charge is 0.328 e. The zero-order valence-corrected chi connectivity index (χ0v) is 12.5. The molecule has 4 bridgehead atoms. The zero-order chi connectivity index (χ0) is 13.0. The van der Waals surface area contributed by atoms with E-state index >= 15 is 0 Å². The smallest absolute Gasteiger partial charge is 0.00819 e. The van der Waals surface area contributed by atoms with Gasteiger partial charge in [0, 0.05) is 18.6 Å². The van der Waals surface area contributed by atoms with Crippen LogP contribution in [0.1, 0.15) is 58.3 Å². The average molecular weight is 262 g/mol. The maximum atomic E-state index is 6.12. The van der Waals surface area contributed by atoms with Gasteiger partial charge in [-0.1, -0.05) is 0 Å². The minimum absolute atomic E-state index is 0.461. The first-order chi connectivity index (χ1) is 9.12. The lowest BCUT2D eigenvalue weighted by molar-refractivity contribution is -0.0772. The Bertz CT molecular complexity index is 316. The summed E-state index contributed by atoms with van der Waals surface area (Å²) in [7, 11) is 0. The lowest BCUT2D eigenvalue weighted by Crippen LogP contribution is -2.55. The molecule has 2 unspecified atom stereocenters. The number of nitrogens with zero attached hydrogens (tertiary/aromatic N) is 1. The number of likely N-dealkylation sites (tertiary alicyclic amines) is 1. The van der Waals surface area contributed by atoms with E-state index in [0.717, 1.165) is 23.8 Å². The molecule has 0 radical (unpaired) electrons. The Morgan fingerprint density at radius 1 is 1.00 bits per heavy atom. The van der Waals surface area contributed by atoms with Crippen molar-refractivity contribution in [3.63, 3.8) is 0 Å². The highest BCUT2D eigenvalue weighted by Crippen LogP contribution is 2.60. The molecule has 2 nitrogen and oxygen atoms in total. The SMILES string of the molecule is CC1CC(N)CCN1CC12CC3CC(CC(C3)C1)C2. The van der Waals surface area contributed by atoms with Crippen molar-refractivity contribution in [1.82, 2.24) is 4.90 Å². The summed E-state index contributed by atoms with van der Waals surface area (Å²) in [6.45, 7) is 5.05. The zero-order valence-electron chi connectivity index (χ0n) is 12.5. The number of piperidine rings is 1. The summed E-state index contributed by atoms with van der Waals surface area (Å²) in [4.78, 5) is 2.79. The molecule has 1 aliphatic heterocycles. The number of rotatable bonds is 2. The molecule has 5 fully saturated rings. The molecule has 5 aliphatic rings. The van der Waals surface area contributed by atoms with Gasteiger partial charge in [-0.15, -0.1) is 0 Å². The molecule has 4 aliphatic carbocycles. The second-order valence-corrected chi connectivity index (χ2v) is 8.52. The Hall–Kier alpha value is -0.0800. The van der Waals surface area contributed by atoms with Gasteiger partial charge in [0.1, 0.15) is 0 Å². The van der Waals surface area contributed by atoms with Crippen molar-refractivity contribution in [1.29, 1.82) is 0 Å². The van der Waals surface area contributed by atoms with Crippen LogP contribution in [0.3, 0.4) is 0 Å². The maximum absolute atomic E-state index is 6.12. The van der Waals surface area contributed by atoms with Gasteiger partial charge in [0.25, 0.3) is 0 Å². The molecule has 0 spiro atoms. The van der Waals surface area contributed by atoms with Crippen LogP contribution in [-0.4, -0.2) is 30.1 Å². The molecule has 0 aromatic rings. The predicted molar refractivity (Wildman–Crippen MR) is 78.8 cm³/mol. The second-order valence-electron chi connectivity index (χ2n) is 8.52. The van der Waals surface area contributed by atoms with Gasteiger partial charge in [-0.2, -0.15) is 0 Å². The van der Waals surface area contributed by atoms with E-state index in [2.05, 4.69) is 11.8 Å². The molecule has 2 N–H and O–H groups in total. The first-order valence-corrected chi connectivity index (χ1v) is 8.61. The monoisotopic (exact) mass is 262 g/mol. The fourth-order valence-electron chi connectivity index (χ4n) is 6.41. The summed E-state index contributed by atoms with van der Waals surface area (Å²) in [5.41, 5.74) is 6.83. The topological polar surface area (TPSA) is 29.3 Å². The summed E-state index contributed by atoms with van der Waals surface area (Å²) < 4.78 is 0. The Morgan fingerprint density at radius 3 is 2.11 bits per heavy atom. The Kier molecular flexibility index (Phi) is 2.97. The van der Waals surface area contributed by atoms with Gasteiger partial charge in [-0.3, -0.25) is 4.90 Å². The molecule has 0 aromatic carbocycles. The third-order valence-electron chi connectivity index (χ3n) is 6.76. The molecular weight excluding hydrogens is 232 g/mol. The van der Waals surface area contributed by atoms with E-state index in [1.807, 2.05) is 0 Å². The first kappa shape index (κ1) is 12.6. The number of hydrogen-bond donors (Lipinski definition) is 1. The van der Waals surface area contributed by atoms with Crippen LogP contribution >= 0.6 is 0 Å². The van der Waals surface area contributed by atoms with Crippen molar-refractivity contribution in [3.8, 4) is 0 Å². The lowest BCUT2D eigenvalue weighted by atomic mass is 9.49. The third kappa shape index (κ3) is 2.25. The van der Waals surface area contributed by atoms with Crippen LogP contribution in [0.15, 0.2) is 0 Å². The van der Waals surface area contributed by atoms with E-state index in [0.29, 0.717) is 11.5 Å². The van der Waals surface area contributed by atoms with Gasteiger partial charge in [0.05, 0.1) is 0 Å². The molecule has 2 heteroatoms. The normalized spacial score (nSPS) is 53.7. The van der Waals surface area contributed by atoms with Gasteiger partial charge in [0.15, 0.2) is 0 Å². The van der Waals surface area contributed by atoms with Crippen LogP contribution in [0.5, 0.6) is 0 Å². The van der Waals surface area contributed by atoms with Gasteiger partial charge >= 0.3 is 0 Å². The van der Waals surface area contributed by atoms with Crippen molar-refractivity contribution in [2.24, 2.45) is 28.9 Å². The summed E-state index contributed by atoms with van der Waals surface area (Å²) in [5.74, 6) is 3.27. The average Bonchev–Trinajstić information content (AvgIpc) is 2.31. The molecule has 0 amide bonds. The molecule has 1 saturated heterocycles. The predicted octanol–water partition coefficient (Wildman–Crippen LogP) is 3.01. The van der Waals surface area contributed by atoms with Crippen molar-refractivity contribution in [2.75, 3.05) is 13.1 Å².